The number of aromatic nitrogens is 2. The van der Waals surface area contributed by atoms with Gasteiger partial charge in [0.2, 0.25) is 0 Å². The fourth-order valence-electron chi connectivity index (χ4n) is 3.42. The first-order valence-electron chi connectivity index (χ1n) is 8.78. The Kier molecular flexibility index (Phi) is 5.13. The van der Waals surface area contributed by atoms with Gasteiger partial charge in [-0.3, -0.25) is 4.68 Å². The number of urea groups is 1. The van der Waals surface area contributed by atoms with Crippen molar-refractivity contribution in [3.63, 3.8) is 0 Å². The van der Waals surface area contributed by atoms with Crippen LogP contribution in [-0.2, 0) is 7.05 Å². The maximum atomic E-state index is 12.7. The second kappa shape index (κ2) is 7.31. The van der Waals surface area contributed by atoms with Gasteiger partial charge in [0.05, 0.1) is 17.6 Å². The minimum atomic E-state index is -0.696. The first-order valence-corrected chi connectivity index (χ1v) is 8.78. The quantitative estimate of drug-likeness (QED) is 0.870. The first-order chi connectivity index (χ1) is 12.0. The van der Waals surface area contributed by atoms with E-state index >= 15 is 0 Å². The molecule has 3 rings (SSSR count). The van der Waals surface area contributed by atoms with E-state index in [9.17, 15) is 9.90 Å². The van der Waals surface area contributed by atoms with Gasteiger partial charge in [-0.1, -0.05) is 13.8 Å². The Morgan fingerprint density at radius 2 is 2.32 bits per heavy atom. The largest absolute Gasteiger partial charge is 0.467 e. The van der Waals surface area contributed by atoms with Crippen molar-refractivity contribution in [2.24, 2.45) is 7.05 Å². The Bertz CT molecular complexity index is 708. The molecule has 1 aliphatic heterocycles. The van der Waals surface area contributed by atoms with Gasteiger partial charge < -0.3 is 19.7 Å². The zero-order valence-electron chi connectivity index (χ0n) is 15.0. The van der Waals surface area contributed by atoms with Crippen LogP contribution in [0.2, 0.25) is 0 Å². The van der Waals surface area contributed by atoms with Crippen molar-refractivity contribution >= 4 is 11.7 Å². The molecule has 0 aromatic carbocycles. The number of carbonyl (C=O) groups is 1. The third-order valence-corrected chi connectivity index (χ3v) is 4.65. The number of anilines is 1. The van der Waals surface area contributed by atoms with Gasteiger partial charge in [0.1, 0.15) is 11.9 Å². The summed E-state index contributed by atoms with van der Waals surface area (Å²) in [5, 5.41) is 17.7. The van der Waals surface area contributed by atoms with Crippen LogP contribution in [0.5, 0.6) is 0 Å². The molecule has 3 heterocycles. The van der Waals surface area contributed by atoms with Gasteiger partial charge in [-0.25, -0.2) is 4.79 Å². The van der Waals surface area contributed by atoms with Crippen LogP contribution in [0.25, 0.3) is 0 Å². The normalized spacial score (nSPS) is 18.8. The van der Waals surface area contributed by atoms with Crippen LogP contribution >= 0.6 is 0 Å². The molecule has 2 aromatic rings. The van der Waals surface area contributed by atoms with E-state index in [0.717, 1.165) is 24.2 Å². The van der Waals surface area contributed by atoms with Crippen molar-refractivity contribution < 1.29 is 14.3 Å². The number of hydrogen-bond donors (Lipinski definition) is 2. The number of rotatable bonds is 5. The molecule has 1 aliphatic rings. The SMILES string of the molecule is CC(C)c1nn(C)cc1NC(=O)N1CCC[C@@H]1C[C@H](O)c1ccco1. The Morgan fingerprint density at radius 3 is 3.00 bits per heavy atom. The minimum Gasteiger partial charge on any atom is -0.467 e. The first kappa shape index (κ1) is 17.5. The topological polar surface area (TPSA) is 83.5 Å². The monoisotopic (exact) mass is 346 g/mol. The Hall–Kier alpha value is -2.28. The highest BCUT2D eigenvalue weighted by molar-refractivity contribution is 5.90. The van der Waals surface area contributed by atoms with Gasteiger partial charge >= 0.3 is 6.03 Å². The summed E-state index contributed by atoms with van der Waals surface area (Å²) in [5.74, 6) is 0.772. The van der Waals surface area contributed by atoms with E-state index in [1.165, 1.54) is 0 Å². The molecule has 136 valence electrons. The standard InChI is InChI=1S/C18H26N4O3/c1-12(2)17-14(11-21(3)20-17)19-18(24)22-8-4-6-13(22)10-15(23)16-7-5-9-25-16/h5,7,9,11-13,15,23H,4,6,8,10H2,1-3H3,(H,19,24)/t13-,15+/m1/s1. The molecule has 2 atom stereocenters. The van der Waals surface area contributed by atoms with E-state index in [0.29, 0.717) is 18.7 Å². The molecule has 0 bridgehead atoms. The lowest BCUT2D eigenvalue weighted by Crippen LogP contribution is -2.39. The fourth-order valence-corrected chi connectivity index (χ4v) is 3.42. The van der Waals surface area contributed by atoms with Crippen LogP contribution in [0.4, 0.5) is 10.5 Å². The molecular formula is C18H26N4O3. The molecule has 0 aliphatic carbocycles. The highest BCUT2D eigenvalue weighted by Gasteiger charge is 2.32. The van der Waals surface area contributed by atoms with Crippen LogP contribution in [0, 0.1) is 0 Å². The van der Waals surface area contributed by atoms with Crippen molar-refractivity contribution in [1.82, 2.24) is 14.7 Å². The summed E-state index contributed by atoms with van der Waals surface area (Å²) < 4.78 is 6.98. The van der Waals surface area contributed by atoms with E-state index < -0.39 is 6.10 Å². The molecule has 25 heavy (non-hydrogen) atoms. The number of amides is 2. The van der Waals surface area contributed by atoms with Crippen molar-refractivity contribution in [3.8, 4) is 0 Å². The Labute approximate surface area is 147 Å². The molecule has 7 heteroatoms. The predicted molar refractivity (Wildman–Crippen MR) is 94.3 cm³/mol. The molecule has 2 amide bonds. The predicted octanol–water partition coefficient (Wildman–Crippen LogP) is 3.26. The number of nitrogens with one attached hydrogen (secondary N) is 1. The van der Waals surface area contributed by atoms with E-state index in [1.807, 2.05) is 18.1 Å². The molecule has 0 unspecified atom stereocenters. The van der Waals surface area contributed by atoms with Gasteiger partial charge in [0, 0.05) is 32.3 Å². The molecule has 0 saturated carbocycles. The summed E-state index contributed by atoms with van der Waals surface area (Å²) in [5.41, 5.74) is 1.63. The highest BCUT2D eigenvalue weighted by Crippen LogP contribution is 2.29. The molecule has 1 saturated heterocycles. The lowest BCUT2D eigenvalue weighted by Gasteiger charge is -2.26. The van der Waals surface area contributed by atoms with E-state index in [1.54, 1.807) is 23.1 Å². The van der Waals surface area contributed by atoms with Crippen LogP contribution in [0.1, 0.15) is 56.6 Å². The number of likely N-dealkylation sites (tertiary alicyclic amines) is 1. The average molecular weight is 346 g/mol. The van der Waals surface area contributed by atoms with Gasteiger partial charge in [0.25, 0.3) is 0 Å². The summed E-state index contributed by atoms with van der Waals surface area (Å²) in [7, 11) is 1.85. The summed E-state index contributed by atoms with van der Waals surface area (Å²) >= 11 is 0. The number of aryl methyl sites for hydroxylation is 1. The van der Waals surface area contributed by atoms with Crippen LogP contribution in [0.15, 0.2) is 29.0 Å². The molecule has 1 fully saturated rings. The summed E-state index contributed by atoms with van der Waals surface area (Å²) in [6.07, 6.45) is 4.98. The maximum absolute atomic E-state index is 12.7. The van der Waals surface area contributed by atoms with Crippen molar-refractivity contribution in [2.45, 2.75) is 51.2 Å². The van der Waals surface area contributed by atoms with Crippen LogP contribution in [0.3, 0.4) is 0 Å². The third-order valence-electron chi connectivity index (χ3n) is 4.65. The fraction of sp³-hybridized carbons (Fsp3) is 0.556. The maximum Gasteiger partial charge on any atom is 0.322 e. The summed E-state index contributed by atoms with van der Waals surface area (Å²) in [4.78, 5) is 14.6. The smallest absolute Gasteiger partial charge is 0.322 e. The molecule has 2 aromatic heterocycles. The second-order valence-electron chi connectivity index (χ2n) is 6.94. The lowest BCUT2D eigenvalue weighted by atomic mass is 10.1. The highest BCUT2D eigenvalue weighted by atomic mass is 16.4. The summed E-state index contributed by atoms with van der Waals surface area (Å²) in [6.45, 7) is 4.80. The molecule has 2 N–H and O–H groups in total. The average Bonchev–Trinajstić information content (AvgIpc) is 3.27. The van der Waals surface area contributed by atoms with E-state index in [2.05, 4.69) is 24.3 Å². The van der Waals surface area contributed by atoms with Crippen molar-refractivity contribution in [1.29, 1.82) is 0 Å². The molecule has 0 spiro atoms. The third kappa shape index (κ3) is 3.87. The molecular weight excluding hydrogens is 320 g/mol. The molecule has 7 nitrogen and oxygen atoms in total. The van der Waals surface area contributed by atoms with Gasteiger partial charge in [0.15, 0.2) is 0 Å². The Balaban J connectivity index is 1.67. The van der Waals surface area contributed by atoms with Crippen molar-refractivity contribution in [2.75, 3.05) is 11.9 Å². The van der Waals surface area contributed by atoms with E-state index in [-0.39, 0.29) is 18.0 Å². The van der Waals surface area contributed by atoms with Crippen LogP contribution < -0.4 is 5.32 Å². The van der Waals surface area contributed by atoms with Crippen LogP contribution in [-0.4, -0.2) is 38.4 Å². The second-order valence-corrected chi connectivity index (χ2v) is 6.94. The lowest BCUT2D eigenvalue weighted by molar-refractivity contribution is 0.110. The zero-order valence-corrected chi connectivity index (χ0v) is 15.0. The number of carbonyl (C=O) groups excluding carboxylic acids is 1. The number of hydrogen-bond acceptors (Lipinski definition) is 4. The Morgan fingerprint density at radius 1 is 1.52 bits per heavy atom. The minimum absolute atomic E-state index is 0.000675. The van der Waals surface area contributed by atoms with Crippen molar-refractivity contribution in [3.05, 3.63) is 36.0 Å². The van der Waals surface area contributed by atoms with E-state index in [4.69, 9.17) is 4.42 Å². The number of nitrogens with zero attached hydrogens (tertiary/aromatic N) is 3. The molecule has 0 radical (unpaired) electrons. The van der Waals surface area contributed by atoms with Gasteiger partial charge in [-0.2, -0.15) is 5.10 Å². The number of aliphatic hydroxyl groups is 1. The summed E-state index contributed by atoms with van der Waals surface area (Å²) in [6, 6.07) is 3.38. The number of furan rings is 1. The number of aliphatic hydroxyl groups excluding tert-OH is 1. The van der Waals surface area contributed by atoms with Gasteiger partial charge in [-0.15, -0.1) is 0 Å². The zero-order chi connectivity index (χ0) is 18.0. The van der Waals surface area contributed by atoms with Gasteiger partial charge in [-0.05, 0) is 30.9 Å².